The maximum atomic E-state index is 9.76. The topological polar surface area (TPSA) is 32.3 Å². The Balaban J connectivity index is 2.01. The van der Waals surface area contributed by atoms with Crippen LogP contribution in [0.3, 0.4) is 0 Å². The first kappa shape index (κ1) is 16.2. The van der Waals surface area contributed by atoms with E-state index in [2.05, 4.69) is 54.0 Å². The molecule has 114 valence electrons. The molecule has 0 fully saturated rings. The van der Waals surface area contributed by atoms with Crippen molar-refractivity contribution in [2.24, 2.45) is 0 Å². The molecule has 0 saturated heterocycles. The predicted octanol–water partition coefficient (Wildman–Crippen LogP) is 4.34. The Morgan fingerprint density at radius 3 is 2.48 bits per heavy atom. The maximum Gasteiger partial charge on any atom is 0.0518 e. The first-order valence-corrected chi connectivity index (χ1v) is 8.58. The Morgan fingerprint density at radius 1 is 1.14 bits per heavy atom. The van der Waals surface area contributed by atoms with Gasteiger partial charge in [0.25, 0.3) is 0 Å². The summed E-state index contributed by atoms with van der Waals surface area (Å²) in [5.74, 6) is 0.347. The van der Waals surface area contributed by atoms with Crippen LogP contribution in [0.15, 0.2) is 47.8 Å². The molecule has 1 aromatic heterocycles. The average Bonchev–Trinajstić information content (AvgIpc) is 3.01. The lowest BCUT2D eigenvalue weighted by Crippen LogP contribution is -2.27. The number of hydrogen-bond acceptors (Lipinski definition) is 3. The van der Waals surface area contributed by atoms with Gasteiger partial charge in [0.15, 0.2) is 0 Å². The second kappa shape index (κ2) is 8.32. The molecule has 1 aromatic carbocycles. The molecule has 2 N–H and O–H groups in total. The molecule has 3 heteroatoms. The molecule has 2 rings (SSSR count). The molecule has 3 atom stereocenters. The smallest absolute Gasteiger partial charge is 0.0518 e. The summed E-state index contributed by atoms with van der Waals surface area (Å²) in [6.07, 6.45) is 1.59. The molecule has 0 radical (unpaired) electrons. The van der Waals surface area contributed by atoms with Crippen LogP contribution in [0.25, 0.3) is 0 Å². The van der Waals surface area contributed by atoms with E-state index in [0.717, 1.165) is 19.4 Å². The lowest BCUT2D eigenvalue weighted by Gasteiger charge is -2.23. The summed E-state index contributed by atoms with van der Waals surface area (Å²) in [6, 6.07) is 15.2. The molecule has 0 aliphatic carbocycles. The zero-order chi connectivity index (χ0) is 15.1. The Bertz CT molecular complexity index is 495. The molecule has 21 heavy (non-hydrogen) atoms. The van der Waals surface area contributed by atoms with Crippen molar-refractivity contribution in [3.63, 3.8) is 0 Å². The molecular weight excluding hydrogens is 278 g/mol. The van der Waals surface area contributed by atoms with Crippen molar-refractivity contribution >= 4 is 11.3 Å². The standard InChI is InChI=1S/C18H25NOS/c1-3-17(18-10-7-11-21-18)19-13-16(12-14(2)20)15-8-5-4-6-9-15/h4-11,14,16-17,19-20H,3,12-13H2,1-2H3. The molecule has 0 saturated carbocycles. The first-order valence-electron chi connectivity index (χ1n) is 7.70. The quantitative estimate of drug-likeness (QED) is 0.760. The van der Waals surface area contributed by atoms with Gasteiger partial charge in [-0.25, -0.2) is 0 Å². The van der Waals surface area contributed by atoms with E-state index in [4.69, 9.17) is 0 Å². The van der Waals surface area contributed by atoms with Crippen LogP contribution in [0.5, 0.6) is 0 Å². The van der Waals surface area contributed by atoms with Gasteiger partial charge in [0.05, 0.1) is 6.10 Å². The fourth-order valence-corrected chi connectivity index (χ4v) is 3.58. The zero-order valence-electron chi connectivity index (χ0n) is 12.8. The van der Waals surface area contributed by atoms with E-state index in [0.29, 0.717) is 12.0 Å². The van der Waals surface area contributed by atoms with Crippen LogP contribution in [-0.4, -0.2) is 17.8 Å². The van der Waals surface area contributed by atoms with Gasteiger partial charge >= 0.3 is 0 Å². The maximum absolute atomic E-state index is 9.76. The highest BCUT2D eigenvalue weighted by molar-refractivity contribution is 7.10. The van der Waals surface area contributed by atoms with Crippen LogP contribution < -0.4 is 5.32 Å². The normalized spacial score (nSPS) is 15.6. The molecule has 2 aromatic rings. The van der Waals surface area contributed by atoms with Crippen molar-refractivity contribution in [3.8, 4) is 0 Å². The number of hydrogen-bond donors (Lipinski definition) is 2. The Hall–Kier alpha value is -1.16. The molecule has 0 bridgehead atoms. The van der Waals surface area contributed by atoms with Gasteiger partial charge in [-0.1, -0.05) is 43.3 Å². The van der Waals surface area contributed by atoms with Crippen molar-refractivity contribution in [2.45, 2.75) is 44.8 Å². The monoisotopic (exact) mass is 303 g/mol. The van der Waals surface area contributed by atoms with Gasteiger partial charge in [-0.05, 0) is 42.7 Å². The minimum absolute atomic E-state index is 0.279. The molecule has 2 nitrogen and oxygen atoms in total. The Labute approximate surface area is 131 Å². The first-order chi connectivity index (χ1) is 10.2. The minimum Gasteiger partial charge on any atom is -0.393 e. The molecule has 0 amide bonds. The van der Waals surface area contributed by atoms with Crippen LogP contribution >= 0.6 is 11.3 Å². The number of thiophene rings is 1. The molecule has 0 spiro atoms. The largest absolute Gasteiger partial charge is 0.393 e. The van der Waals surface area contributed by atoms with E-state index in [9.17, 15) is 5.11 Å². The third kappa shape index (κ3) is 4.95. The van der Waals surface area contributed by atoms with Crippen molar-refractivity contribution in [1.82, 2.24) is 5.32 Å². The number of nitrogens with one attached hydrogen (secondary N) is 1. The Morgan fingerprint density at radius 2 is 1.90 bits per heavy atom. The van der Waals surface area contributed by atoms with Crippen LogP contribution in [0.2, 0.25) is 0 Å². The number of rotatable bonds is 8. The van der Waals surface area contributed by atoms with E-state index in [1.807, 2.05) is 13.0 Å². The van der Waals surface area contributed by atoms with Crippen LogP contribution in [0.1, 0.15) is 49.1 Å². The van der Waals surface area contributed by atoms with Gasteiger partial charge in [-0.15, -0.1) is 11.3 Å². The van der Waals surface area contributed by atoms with Gasteiger partial charge in [0, 0.05) is 17.5 Å². The minimum atomic E-state index is -0.279. The van der Waals surface area contributed by atoms with Gasteiger partial charge in [-0.2, -0.15) is 0 Å². The van der Waals surface area contributed by atoms with E-state index in [1.165, 1.54) is 10.4 Å². The van der Waals surface area contributed by atoms with E-state index >= 15 is 0 Å². The summed E-state index contributed by atoms with van der Waals surface area (Å²) in [4.78, 5) is 1.39. The van der Waals surface area contributed by atoms with Crippen molar-refractivity contribution in [2.75, 3.05) is 6.54 Å². The summed E-state index contributed by atoms with van der Waals surface area (Å²) in [6.45, 7) is 4.97. The summed E-state index contributed by atoms with van der Waals surface area (Å²) in [5.41, 5.74) is 1.30. The third-order valence-electron chi connectivity index (χ3n) is 3.80. The summed E-state index contributed by atoms with van der Waals surface area (Å²) in [5, 5.41) is 15.6. The van der Waals surface area contributed by atoms with Gasteiger partial charge in [0.2, 0.25) is 0 Å². The second-order valence-electron chi connectivity index (χ2n) is 5.58. The Kier molecular flexibility index (Phi) is 6.43. The van der Waals surface area contributed by atoms with E-state index in [1.54, 1.807) is 11.3 Å². The fraction of sp³-hybridized carbons (Fsp3) is 0.444. The van der Waals surface area contributed by atoms with Crippen molar-refractivity contribution in [1.29, 1.82) is 0 Å². The third-order valence-corrected chi connectivity index (χ3v) is 4.79. The second-order valence-corrected chi connectivity index (χ2v) is 6.56. The van der Waals surface area contributed by atoms with Crippen molar-refractivity contribution < 1.29 is 5.11 Å². The van der Waals surface area contributed by atoms with Crippen LogP contribution in [-0.2, 0) is 0 Å². The summed E-state index contributed by atoms with van der Waals surface area (Å²) in [7, 11) is 0. The number of benzene rings is 1. The average molecular weight is 303 g/mol. The SMILES string of the molecule is CCC(NCC(CC(C)O)c1ccccc1)c1cccs1. The predicted molar refractivity (Wildman–Crippen MR) is 90.8 cm³/mol. The molecular formula is C18H25NOS. The highest BCUT2D eigenvalue weighted by Gasteiger charge is 2.17. The summed E-state index contributed by atoms with van der Waals surface area (Å²) < 4.78 is 0. The van der Waals surface area contributed by atoms with Crippen molar-refractivity contribution in [3.05, 3.63) is 58.3 Å². The fourth-order valence-electron chi connectivity index (χ4n) is 2.69. The van der Waals surface area contributed by atoms with Crippen LogP contribution in [0.4, 0.5) is 0 Å². The molecule has 3 unspecified atom stereocenters. The van der Waals surface area contributed by atoms with Crippen LogP contribution in [0, 0.1) is 0 Å². The molecule has 0 aliphatic heterocycles. The van der Waals surface area contributed by atoms with Gasteiger partial charge in [0.1, 0.15) is 0 Å². The zero-order valence-corrected chi connectivity index (χ0v) is 13.6. The van der Waals surface area contributed by atoms with E-state index < -0.39 is 0 Å². The van der Waals surface area contributed by atoms with Gasteiger partial charge < -0.3 is 10.4 Å². The molecule has 1 heterocycles. The lowest BCUT2D eigenvalue weighted by atomic mass is 9.93. The highest BCUT2D eigenvalue weighted by atomic mass is 32.1. The van der Waals surface area contributed by atoms with E-state index in [-0.39, 0.29) is 6.10 Å². The summed E-state index contributed by atoms with van der Waals surface area (Å²) >= 11 is 1.81. The lowest BCUT2D eigenvalue weighted by molar-refractivity contribution is 0.172. The highest BCUT2D eigenvalue weighted by Crippen LogP contribution is 2.25. The number of aliphatic hydroxyl groups is 1. The number of aliphatic hydroxyl groups excluding tert-OH is 1. The van der Waals surface area contributed by atoms with Gasteiger partial charge in [-0.3, -0.25) is 0 Å². The molecule has 0 aliphatic rings.